The van der Waals surface area contributed by atoms with Gasteiger partial charge in [0.1, 0.15) is 22.2 Å². The Balaban J connectivity index is 1.64. The number of aromatic nitrogens is 4. The Morgan fingerprint density at radius 3 is 2.60 bits per heavy atom. The number of rotatable bonds is 6. The molecule has 0 spiro atoms. The van der Waals surface area contributed by atoms with Crippen LogP contribution in [0.1, 0.15) is 17.3 Å². The number of hydrogen-bond donors (Lipinski definition) is 2. The molecule has 0 aliphatic rings. The Kier molecular flexibility index (Phi) is 4.64. The number of nitrogens with zero attached hydrogens (tertiary/aromatic N) is 3. The topological polar surface area (TPSA) is 114 Å². The van der Waals surface area contributed by atoms with E-state index in [2.05, 4.69) is 25.1 Å². The molecule has 0 radical (unpaired) electrons. The van der Waals surface area contributed by atoms with E-state index in [0.717, 1.165) is 0 Å². The summed E-state index contributed by atoms with van der Waals surface area (Å²) in [6, 6.07) is 5.79. The first-order valence-electron chi connectivity index (χ1n) is 7.46. The lowest BCUT2D eigenvalue weighted by molar-refractivity contribution is 0.390. The van der Waals surface area contributed by atoms with Gasteiger partial charge >= 0.3 is 0 Å². The molecule has 0 saturated heterocycles. The number of halogens is 1. The van der Waals surface area contributed by atoms with E-state index >= 15 is 0 Å². The maximum atomic E-state index is 12.9. The molecular formula is C15H16FN5O3S. The minimum absolute atomic E-state index is 0.0528. The molecule has 0 atom stereocenters. The van der Waals surface area contributed by atoms with Crippen LogP contribution >= 0.6 is 0 Å². The molecule has 1 aromatic carbocycles. The predicted octanol–water partition coefficient (Wildman–Crippen LogP) is 1.74. The van der Waals surface area contributed by atoms with Crippen LogP contribution in [-0.2, 0) is 16.4 Å². The molecule has 0 unspecified atom stereocenters. The molecule has 2 N–H and O–H groups in total. The highest BCUT2D eigenvalue weighted by molar-refractivity contribution is 7.89. The highest BCUT2D eigenvalue weighted by atomic mass is 32.2. The number of nitrogens with one attached hydrogen (secondary N) is 2. The number of aryl methyl sites for hydroxylation is 2. The van der Waals surface area contributed by atoms with Crippen LogP contribution in [0, 0.1) is 19.7 Å². The summed E-state index contributed by atoms with van der Waals surface area (Å²) in [5.41, 5.74) is 0.975. The summed E-state index contributed by atoms with van der Waals surface area (Å²) < 4.78 is 44.9. The van der Waals surface area contributed by atoms with E-state index < -0.39 is 10.0 Å². The Morgan fingerprint density at radius 2 is 1.96 bits per heavy atom. The Bertz CT molecular complexity index is 960. The molecule has 25 heavy (non-hydrogen) atoms. The third-order valence-corrected chi connectivity index (χ3v) is 5.23. The van der Waals surface area contributed by atoms with Gasteiger partial charge in [-0.2, -0.15) is 5.10 Å². The maximum absolute atomic E-state index is 12.9. The first-order valence-corrected chi connectivity index (χ1v) is 8.95. The van der Waals surface area contributed by atoms with Crippen LogP contribution in [0.2, 0.25) is 0 Å². The number of H-pyrrole nitrogens is 1. The highest BCUT2D eigenvalue weighted by Crippen LogP contribution is 2.18. The molecule has 10 heteroatoms. The summed E-state index contributed by atoms with van der Waals surface area (Å²) >= 11 is 0. The fourth-order valence-corrected chi connectivity index (χ4v) is 3.73. The highest BCUT2D eigenvalue weighted by Gasteiger charge is 2.23. The Morgan fingerprint density at radius 1 is 1.24 bits per heavy atom. The van der Waals surface area contributed by atoms with E-state index in [-0.39, 0.29) is 23.0 Å². The van der Waals surface area contributed by atoms with E-state index in [9.17, 15) is 12.8 Å². The van der Waals surface area contributed by atoms with Crippen molar-refractivity contribution in [3.05, 3.63) is 47.4 Å². The zero-order chi connectivity index (χ0) is 18.0. The van der Waals surface area contributed by atoms with E-state index in [4.69, 9.17) is 4.52 Å². The molecule has 0 aliphatic heterocycles. The number of aromatic amines is 1. The van der Waals surface area contributed by atoms with Crippen molar-refractivity contribution in [2.45, 2.75) is 25.2 Å². The normalized spacial score (nSPS) is 11.8. The minimum Gasteiger partial charge on any atom is -0.360 e. The largest absolute Gasteiger partial charge is 0.360 e. The van der Waals surface area contributed by atoms with Crippen LogP contribution in [-0.4, -0.2) is 35.3 Å². The van der Waals surface area contributed by atoms with Crippen molar-refractivity contribution >= 4 is 10.0 Å². The lowest BCUT2D eigenvalue weighted by Gasteiger charge is -2.04. The molecule has 3 rings (SSSR count). The van der Waals surface area contributed by atoms with Crippen LogP contribution in [0.15, 0.2) is 33.7 Å². The van der Waals surface area contributed by atoms with Gasteiger partial charge in [-0.3, -0.25) is 5.10 Å². The zero-order valence-electron chi connectivity index (χ0n) is 13.6. The molecule has 0 fully saturated rings. The third kappa shape index (κ3) is 3.74. The van der Waals surface area contributed by atoms with Crippen LogP contribution < -0.4 is 4.72 Å². The smallest absolute Gasteiger partial charge is 0.245 e. The van der Waals surface area contributed by atoms with E-state index in [0.29, 0.717) is 29.3 Å². The van der Waals surface area contributed by atoms with Crippen molar-refractivity contribution in [2.24, 2.45) is 0 Å². The van der Waals surface area contributed by atoms with E-state index in [1.165, 1.54) is 12.1 Å². The van der Waals surface area contributed by atoms with Crippen molar-refractivity contribution in [3.63, 3.8) is 0 Å². The fraction of sp³-hybridized carbons (Fsp3) is 0.267. The van der Waals surface area contributed by atoms with Gasteiger partial charge in [0.05, 0.1) is 0 Å². The molecule has 8 nitrogen and oxygen atoms in total. The fourth-order valence-electron chi connectivity index (χ4n) is 2.37. The van der Waals surface area contributed by atoms with Gasteiger partial charge in [-0.25, -0.2) is 22.5 Å². The lowest BCUT2D eigenvalue weighted by Crippen LogP contribution is -2.27. The van der Waals surface area contributed by atoms with Crippen LogP contribution in [0.4, 0.5) is 4.39 Å². The first kappa shape index (κ1) is 17.2. The number of sulfonamides is 1. The van der Waals surface area contributed by atoms with Crippen molar-refractivity contribution < 1.29 is 17.3 Å². The second kappa shape index (κ2) is 6.73. The quantitative estimate of drug-likeness (QED) is 0.688. The summed E-state index contributed by atoms with van der Waals surface area (Å²) in [6.45, 7) is 3.24. The Hall–Kier alpha value is -2.59. The van der Waals surface area contributed by atoms with Crippen LogP contribution in [0.3, 0.4) is 0 Å². The molecule has 0 bridgehead atoms. The SMILES string of the molecule is Cc1noc(C)c1S(=O)(=O)NCCc1nc(-c2ccc(F)cc2)n[nH]1. The maximum Gasteiger partial charge on any atom is 0.245 e. The number of hydrogen-bond acceptors (Lipinski definition) is 6. The van der Waals surface area contributed by atoms with Crippen molar-refractivity contribution in [1.82, 2.24) is 25.1 Å². The standard InChI is InChI=1S/C15H16FN5O3S/c1-9-14(10(2)24-21-9)25(22,23)17-8-7-13-18-15(20-19-13)11-3-5-12(16)6-4-11/h3-6,17H,7-8H2,1-2H3,(H,18,19,20). The molecule has 132 valence electrons. The van der Waals surface area contributed by atoms with Gasteiger partial charge in [0.15, 0.2) is 11.6 Å². The summed E-state index contributed by atoms with van der Waals surface area (Å²) in [6.07, 6.45) is 0.316. The first-order chi connectivity index (χ1) is 11.9. The van der Waals surface area contributed by atoms with Gasteiger partial charge in [0, 0.05) is 18.5 Å². The molecular weight excluding hydrogens is 349 g/mol. The van der Waals surface area contributed by atoms with Gasteiger partial charge in [0.25, 0.3) is 0 Å². The van der Waals surface area contributed by atoms with Crippen molar-refractivity contribution in [1.29, 1.82) is 0 Å². The summed E-state index contributed by atoms with van der Waals surface area (Å²) in [5, 5.41) is 10.4. The summed E-state index contributed by atoms with van der Waals surface area (Å²) in [5.74, 6) is 0.834. The molecule has 2 heterocycles. The molecule has 0 amide bonds. The van der Waals surface area contributed by atoms with Gasteiger partial charge in [0.2, 0.25) is 10.0 Å². The summed E-state index contributed by atoms with van der Waals surface area (Å²) in [7, 11) is -3.71. The van der Waals surface area contributed by atoms with Gasteiger partial charge in [-0.05, 0) is 38.1 Å². The van der Waals surface area contributed by atoms with Crippen LogP contribution in [0.25, 0.3) is 11.4 Å². The van der Waals surface area contributed by atoms with Gasteiger partial charge < -0.3 is 4.52 Å². The van der Waals surface area contributed by atoms with Gasteiger partial charge in [-0.15, -0.1) is 0 Å². The third-order valence-electron chi connectivity index (χ3n) is 3.52. The monoisotopic (exact) mass is 365 g/mol. The average Bonchev–Trinajstić information content (AvgIpc) is 3.15. The van der Waals surface area contributed by atoms with Gasteiger partial charge in [-0.1, -0.05) is 5.16 Å². The molecule has 2 aromatic heterocycles. The molecule has 0 saturated carbocycles. The summed E-state index contributed by atoms with van der Waals surface area (Å²) in [4.78, 5) is 4.33. The average molecular weight is 365 g/mol. The molecule has 0 aliphatic carbocycles. The number of benzene rings is 1. The predicted molar refractivity (Wildman–Crippen MR) is 86.6 cm³/mol. The van der Waals surface area contributed by atoms with E-state index in [1.807, 2.05) is 0 Å². The van der Waals surface area contributed by atoms with Crippen molar-refractivity contribution in [3.8, 4) is 11.4 Å². The Labute approximate surface area is 143 Å². The van der Waals surface area contributed by atoms with Crippen molar-refractivity contribution in [2.75, 3.05) is 6.54 Å². The van der Waals surface area contributed by atoms with E-state index in [1.54, 1.807) is 26.0 Å². The minimum atomic E-state index is -3.71. The molecule has 3 aromatic rings. The lowest BCUT2D eigenvalue weighted by atomic mass is 10.2. The second-order valence-corrected chi connectivity index (χ2v) is 7.12. The second-order valence-electron chi connectivity index (χ2n) is 5.41. The van der Waals surface area contributed by atoms with Crippen LogP contribution in [0.5, 0.6) is 0 Å². The zero-order valence-corrected chi connectivity index (χ0v) is 14.4.